The molecule has 4 aromatic heterocycles. The van der Waals surface area contributed by atoms with Crippen molar-refractivity contribution in [3.63, 3.8) is 0 Å². The topological polar surface area (TPSA) is 15.5 Å². The SMILES string of the molecule is Cc1cc(-c2ccccc2C)[n+](C)cc1CC(C)(C)C.Cc1ccccc1-c1cc(CC(C)(C)C)c(CC(C)(C)C)c[n+]1C.[2H]C([2H])([2H])c1ccc(-c2cc(C)c(C([2H])([2H])C(C)(C)C)c[n+]2C)c(C)c1.[2H]C([2H])(c1cc(-c2ccccc2C)[n+](C)cc1C([2H])([2H])C(C)(C)C)C(C)C. The summed E-state index contributed by atoms with van der Waals surface area (Å²) in [5, 5.41) is 0. The molecular formula is C84H120N4+4. The van der Waals surface area contributed by atoms with Gasteiger partial charge in [0.05, 0.1) is 0 Å². The Morgan fingerprint density at radius 2 is 0.670 bits per heavy atom. The first kappa shape index (κ1) is 59.1. The minimum atomic E-state index is -2.12. The van der Waals surface area contributed by atoms with Crippen LogP contribution in [-0.4, -0.2) is 0 Å². The van der Waals surface area contributed by atoms with E-state index in [1.165, 1.54) is 55.9 Å². The molecule has 88 heavy (non-hydrogen) atoms. The van der Waals surface area contributed by atoms with E-state index in [0.29, 0.717) is 33.1 Å². The lowest BCUT2D eigenvalue weighted by molar-refractivity contribution is -0.661. The van der Waals surface area contributed by atoms with Crippen molar-refractivity contribution >= 4 is 0 Å². The summed E-state index contributed by atoms with van der Waals surface area (Å²) < 4.78 is 83.2. The minimum Gasteiger partial charge on any atom is -0.201 e. The molecule has 0 saturated heterocycles. The van der Waals surface area contributed by atoms with Crippen molar-refractivity contribution in [3.05, 3.63) is 212 Å². The van der Waals surface area contributed by atoms with Crippen molar-refractivity contribution in [1.29, 1.82) is 0 Å². The lowest BCUT2D eigenvalue weighted by atomic mass is 9.81. The van der Waals surface area contributed by atoms with Crippen LogP contribution in [-0.2, 0) is 66.6 Å². The van der Waals surface area contributed by atoms with Crippen molar-refractivity contribution in [2.24, 2.45) is 61.2 Å². The van der Waals surface area contributed by atoms with Crippen molar-refractivity contribution in [1.82, 2.24) is 0 Å². The van der Waals surface area contributed by atoms with E-state index < -0.39 is 36.8 Å². The number of aromatic nitrogens is 4. The zero-order valence-electron chi connectivity index (χ0n) is 68.8. The van der Waals surface area contributed by atoms with E-state index in [1.807, 2.05) is 148 Å². The monoisotopic (exact) mass is 1190 g/mol. The van der Waals surface area contributed by atoms with Crippen LogP contribution in [0.1, 0.15) is 202 Å². The molecule has 0 aliphatic carbocycles. The molecule has 0 atom stereocenters. The van der Waals surface area contributed by atoms with Crippen LogP contribution in [0.2, 0.25) is 0 Å². The Bertz CT molecular complexity index is 4040. The Labute approximate surface area is 551 Å². The molecule has 0 spiro atoms. The Hall–Kier alpha value is -6.52. The van der Waals surface area contributed by atoms with Gasteiger partial charge in [0.1, 0.15) is 28.2 Å². The standard InChI is InChI=1S/C23H34N.C22H32N.C20H28N.C19H26N/c1-17-11-9-10-12-20(17)21-13-18(14-22(2,3)4)19(16-24(21)8)15-23(5,6)7;1-16(2)12-18-13-21(20-11-9-8-10-17(20)3)23(7)15-19(18)14-22(4,5)6;1-14-8-9-18(16(3)10-14)19-11-15(2)17(13-21(19)7)12-20(4,5)6;1-14-9-7-8-10-17(14)18-11-15(2)16(13-20(18)6)12-19(3,4)5/h9-13,16H,14-15H2,1-8H3;8-11,13,15-16H,12,14H2,1-7H3;8-11,13H,12H2,1-7H3;7-11,13H,12H2,1-6H3/q4*+1/i;12D2,14D2;1D3,12D2;. The lowest BCUT2D eigenvalue weighted by Crippen LogP contribution is -2.33. The molecule has 8 rings (SSSR count). The van der Waals surface area contributed by atoms with Crippen LogP contribution in [0.3, 0.4) is 0 Å². The van der Waals surface area contributed by atoms with Gasteiger partial charge in [-0.25, -0.2) is 18.3 Å². The molecule has 472 valence electrons. The largest absolute Gasteiger partial charge is 0.212 e. The number of benzene rings is 4. The van der Waals surface area contributed by atoms with Crippen molar-refractivity contribution in [2.45, 2.75) is 204 Å². The molecule has 0 aliphatic heterocycles. The van der Waals surface area contributed by atoms with Gasteiger partial charge in [-0.3, -0.25) is 0 Å². The average molecular weight is 1190 g/mol. The van der Waals surface area contributed by atoms with Gasteiger partial charge in [0.15, 0.2) is 24.8 Å². The molecule has 4 heterocycles. The molecule has 0 amide bonds. The predicted octanol–water partition coefficient (Wildman–Crippen LogP) is 20.0. The highest BCUT2D eigenvalue weighted by Gasteiger charge is 2.26. The van der Waals surface area contributed by atoms with Crippen LogP contribution in [0.4, 0.5) is 0 Å². The van der Waals surface area contributed by atoms with E-state index in [9.17, 15) is 0 Å². The molecule has 0 fully saturated rings. The summed E-state index contributed by atoms with van der Waals surface area (Å²) in [6.45, 7) is 46.1. The fourth-order valence-corrected chi connectivity index (χ4v) is 11.2. The first-order chi connectivity index (χ1) is 44.1. The fraction of sp³-hybridized carbons (Fsp3) is 0.476. The summed E-state index contributed by atoms with van der Waals surface area (Å²) in [6.07, 6.45) is 6.84. The molecule has 4 aromatic carbocycles. The third-order valence-electron chi connectivity index (χ3n) is 15.2. The third kappa shape index (κ3) is 22.2. The molecule has 0 bridgehead atoms. The number of pyridine rings is 4. The molecule has 0 aliphatic rings. The number of hydrogen-bond donors (Lipinski definition) is 0. The zero-order valence-corrected chi connectivity index (χ0v) is 59.8. The van der Waals surface area contributed by atoms with Gasteiger partial charge in [-0.2, -0.15) is 0 Å². The van der Waals surface area contributed by atoms with Crippen LogP contribution in [0, 0.1) is 81.4 Å². The minimum absolute atomic E-state index is 0.274. The number of rotatable bonds is 11. The van der Waals surface area contributed by atoms with Crippen LogP contribution in [0.5, 0.6) is 0 Å². The second kappa shape index (κ2) is 29.9. The quantitative estimate of drug-likeness (QED) is 0.115. The highest BCUT2D eigenvalue weighted by Crippen LogP contribution is 2.33. The smallest absolute Gasteiger partial charge is 0.201 e. The van der Waals surface area contributed by atoms with Crippen LogP contribution in [0.25, 0.3) is 45.0 Å². The van der Waals surface area contributed by atoms with Gasteiger partial charge in [0, 0.05) is 81.1 Å². The summed E-state index contributed by atoms with van der Waals surface area (Å²) in [5.41, 5.74) is 22.0. The molecule has 0 saturated carbocycles. The predicted molar refractivity (Wildman–Crippen MR) is 380 cm³/mol. The fourth-order valence-electron chi connectivity index (χ4n) is 11.2. The summed E-state index contributed by atoms with van der Waals surface area (Å²) in [4.78, 5) is 0. The van der Waals surface area contributed by atoms with E-state index >= 15 is 0 Å². The van der Waals surface area contributed by atoms with E-state index in [1.54, 1.807) is 18.3 Å². The van der Waals surface area contributed by atoms with Crippen molar-refractivity contribution < 1.29 is 30.6 Å². The summed E-state index contributed by atoms with van der Waals surface area (Å²) in [7, 11) is 8.12. The van der Waals surface area contributed by atoms with Gasteiger partial charge in [0.2, 0.25) is 22.8 Å². The lowest BCUT2D eigenvalue weighted by Gasteiger charge is -2.24. The first-order valence-corrected chi connectivity index (χ1v) is 32.0. The molecular weight excluding hydrogens is 1060 g/mol. The Morgan fingerprint density at radius 1 is 0.341 bits per heavy atom. The van der Waals surface area contributed by atoms with E-state index in [4.69, 9.17) is 12.3 Å². The Balaban J connectivity index is 0.000000235. The molecule has 8 aromatic rings. The first-order valence-electron chi connectivity index (χ1n) is 36.5. The van der Waals surface area contributed by atoms with E-state index in [-0.39, 0.29) is 11.3 Å². The van der Waals surface area contributed by atoms with Crippen molar-refractivity contribution in [3.8, 4) is 45.0 Å². The number of hydrogen-bond acceptors (Lipinski definition) is 0. The number of nitrogens with zero attached hydrogens (tertiary/aromatic N) is 4. The molecule has 4 heteroatoms. The molecule has 0 unspecified atom stereocenters. The van der Waals surface area contributed by atoms with Gasteiger partial charge in [-0.15, -0.1) is 0 Å². The van der Waals surface area contributed by atoms with E-state index in [2.05, 4.69) is 179 Å². The second-order valence-electron chi connectivity index (χ2n) is 31.0. The van der Waals surface area contributed by atoms with E-state index in [0.717, 1.165) is 58.5 Å². The second-order valence-corrected chi connectivity index (χ2v) is 31.0. The molecule has 4 nitrogen and oxygen atoms in total. The zero-order chi connectivity index (χ0) is 73.9. The summed E-state index contributed by atoms with van der Waals surface area (Å²) >= 11 is 0. The van der Waals surface area contributed by atoms with Crippen molar-refractivity contribution in [2.75, 3.05) is 0 Å². The summed E-state index contributed by atoms with van der Waals surface area (Å²) in [6, 6.07) is 39.1. The number of aryl methyl sites for hydroxylation is 11. The van der Waals surface area contributed by atoms with Gasteiger partial charge >= 0.3 is 0 Å². The average Bonchev–Trinajstić information content (AvgIpc) is 0.751. The van der Waals surface area contributed by atoms with Crippen LogP contribution < -0.4 is 18.3 Å². The highest BCUT2D eigenvalue weighted by atomic mass is 14.9. The summed E-state index contributed by atoms with van der Waals surface area (Å²) in [5.74, 6) is -0.274. The van der Waals surface area contributed by atoms with Gasteiger partial charge in [-0.05, 0) is 189 Å². The Kier molecular flexibility index (Phi) is 20.1. The normalized spacial score (nSPS) is 14.2. The van der Waals surface area contributed by atoms with Crippen LogP contribution in [0.15, 0.2) is 140 Å². The molecule has 0 radical (unpaired) electrons. The van der Waals surface area contributed by atoms with Gasteiger partial charge in [0.25, 0.3) is 0 Å². The van der Waals surface area contributed by atoms with Gasteiger partial charge < -0.3 is 0 Å². The van der Waals surface area contributed by atoms with Gasteiger partial charge in [-0.1, -0.05) is 190 Å². The maximum absolute atomic E-state index is 8.78. The van der Waals surface area contributed by atoms with Crippen LogP contribution >= 0.6 is 0 Å². The highest BCUT2D eigenvalue weighted by molar-refractivity contribution is 5.65. The molecule has 0 N–H and O–H groups in total. The Morgan fingerprint density at radius 3 is 1.06 bits per heavy atom. The maximum atomic E-state index is 8.78. The third-order valence-corrected chi connectivity index (χ3v) is 15.2. The maximum Gasteiger partial charge on any atom is 0.212 e.